The van der Waals surface area contributed by atoms with Crippen molar-refractivity contribution in [3.05, 3.63) is 29.5 Å². The molecular weight excluding hydrogens is 304 g/mol. The lowest BCUT2D eigenvalue weighted by atomic mass is 9.87. The smallest absolute Gasteiger partial charge is 0.225 e. The highest BCUT2D eigenvalue weighted by Crippen LogP contribution is 2.34. The molecule has 122 valence electrons. The van der Waals surface area contributed by atoms with Crippen molar-refractivity contribution in [2.75, 3.05) is 12.8 Å². The lowest BCUT2D eigenvalue weighted by molar-refractivity contribution is -0.137. The summed E-state index contributed by atoms with van der Waals surface area (Å²) in [6, 6.07) is 6.49. The Hall–Kier alpha value is -1.42. The fourth-order valence-electron chi connectivity index (χ4n) is 4.18. The van der Waals surface area contributed by atoms with Gasteiger partial charge in [0.25, 0.3) is 0 Å². The van der Waals surface area contributed by atoms with Gasteiger partial charge in [0.1, 0.15) is 0 Å². The van der Waals surface area contributed by atoms with E-state index in [1.807, 2.05) is 0 Å². The van der Waals surface area contributed by atoms with Crippen LogP contribution < -0.4 is 0 Å². The second-order valence-corrected chi connectivity index (χ2v) is 7.66. The Morgan fingerprint density at radius 2 is 2.09 bits per heavy atom. The molecule has 1 amide bonds. The van der Waals surface area contributed by atoms with E-state index in [2.05, 4.69) is 34.3 Å². The number of carbonyl (C=O) groups excluding carboxylic acids is 1. The molecule has 1 fully saturated rings. The molecule has 3 nitrogen and oxygen atoms in total. The van der Waals surface area contributed by atoms with Gasteiger partial charge in [-0.25, -0.2) is 0 Å². The molecule has 4 heteroatoms. The normalized spacial score (nSPS) is 19.1. The monoisotopic (exact) mass is 328 g/mol. The van der Waals surface area contributed by atoms with E-state index in [4.69, 9.17) is 0 Å². The van der Waals surface area contributed by atoms with Crippen LogP contribution in [0.5, 0.6) is 0 Å². The average molecular weight is 328 g/mol. The largest absolute Gasteiger partial charge is 0.357 e. The van der Waals surface area contributed by atoms with Crippen LogP contribution in [0.25, 0.3) is 10.9 Å². The second-order valence-electron chi connectivity index (χ2n) is 6.81. The molecule has 1 aliphatic carbocycles. The molecule has 1 N–H and O–H groups in total. The van der Waals surface area contributed by atoms with E-state index >= 15 is 0 Å². The van der Waals surface area contributed by atoms with E-state index in [9.17, 15) is 4.79 Å². The van der Waals surface area contributed by atoms with Gasteiger partial charge in [-0.2, -0.15) is 0 Å². The number of para-hydroxylation sites is 1. The van der Waals surface area contributed by atoms with Crippen LogP contribution in [0.4, 0.5) is 0 Å². The molecule has 1 saturated carbocycles. The highest BCUT2D eigenvalue weighted by Gasteiger charge is 2.29. The minimum Gasteiger partial charge on any atom is -0.357 e. The summed E-state index contributed by atoms with van der Waals surface area (Å²) in [5.74, 6) is 0.669. The summed E-state index contributed by atoms with van der Waals surface area (Å²) in [4.78, 5) is 19.9. The number of hydrogen-bond acceptors (Lipinski definition) is 2. The molecule has 0 radical (unpaired) electrons. The summed E-state index contributed by atoms with van der Waals surface area (Å²) in [5, 5.41) is 1.30. The number of aromatic nitrogens is 1. The van der Waals surface area contributed by atoms with Crippen LogP contribution in [0.1, 0.15) is 43.4 Å². The number of amides is 1. The number of hydrogen-bond donors (Lipinski definition) is 1. The second kappa shape index (κ2) is 6.23. The molecule has 0 bridgehead atoms. The Morgan fingerprint density at radius 1 is 1.26 bits per heavy atom. The fraction of sp³-hybridized carbons (Fsp3) is 0.526. The number of H-pyrrole nitrogens is 1. The third-order valence-electron chi connectivity index (χ3n) is 5.46. The third-order valence-corrected chi connectivity index (χ3v) is 6.24. The van der Waals surface area contributed by atoms with Gasteiger partial charge in [-0.1, -0.05) is 31.4 Å². The lowest BCUT2D eigenvalue weighted by Crippen LogP contribution is -2.40. The molecule has 0 spiro atoms. The third kappa shape index (κ3) is 2.67. The maximum absolute atomic E-state index is 12.9. The Labute approximate surface area is 141 Å². The molecule has 2 aromatic rings. The number of rotatable bonds is 2. The number of fused-ring (bicyclic) bond motifs is 3. The first-order chi connectivity index (χ1) is 11.3. The molecule has 1 aliphatic heterocycles. The van der Waals surface area contributed by atoms with Crippen LogP contribution in [-0.4, -0.2) is 28.6 Å². The number of carbonyl (C=O) groups is 1. The maximum atomic E-state index is 12.9. The van der Waals surface area contributed by atoms with Crippen molar-refractivity contribution in [2.24, 2.45) is 5.92 Å². The van der Waals surface area contributed by atoms with Crippen LogP contribution in [0.3, 0.4) is 0 Å². The molecule has 1 aromatic carbocycles. The van der Waals surface area contributed by atoms with Gasteiger partial charge in [0, 0.05) is 47.0 Å². The van der Waals surface area contributed by atoms with E-state index in [-0.39, 0.29) is 5.92 Å². The maximum Gasteiger partial charge on any atom is 0.225 e. The number of nitrogens with zero attached hydrogens (tertiary/aromatic N) is 1. The molecule has 0 atom stereocenters. The Bertz CT molecular complexity index is 730. The summed E-state index contributed by atoms with van der Waals surface area (Å²) in [6.45, 7) is 1.65. The average Bonchev–Trinajstić information content (AvgIpc) is 2.99. The Morgan fingerprint density at radius 3 is 2.87 bits per heavy atom. The van der Waals surface area contributed by atoms with Crippen molar-refractivity contribution < 1.29 is 4.79 Å². The molecular formula is C19H24N2OS. The highest BCUT2D eigenvalue weighted by atomic mass is 32.2. The zero-order chi connectivity index (χ0) is 15.8. The number of thioether (sulfide) groups is 1. The van der Waals surface area contributed by atoms with Crippen molar-refractivity contribution in [3.8, 4) is 0 Å². The van der Waals surface area contributed by atoms with Crippen molar-refractivity contribution in [2.45, 2.75) is 50.0 Å². The van der Waals surface area contributed by atoms with Crippen molar-refractivity contribution in [1.82, 2.24) is 9.88 Å². The molecule has 2 aliphatic rings. The molecule has 2 heterocycles. The van der Waals surface area contributed by atoms with E-state index in [1.54, 1.807) is 11.8 Å². The first kappa shape index (κ1) is 15.1. The predicted octanol–water partition coefficient (Wildman–Crippen LogP) is 4.35. The minimum absolute atomic E-state index is 0.275. The summed E-state index contributed by atoms with van der Waals surface area (Å²) < 4.78 is 0. The lowest BCUT2D eigenvalue weighted by Gasteiger charge is -2.32. The number of benzene rings is 1. The van der Waals surface area contributed by atoms with Gasteiger partial charge in [0.15, 0.2) is 0 Å². The molecule has 4 rings (SSSR count). The molecule has 1 aromatic heterocycles. The van der Waals surface area contributed by atoms with E-state index < -0.39 is 0 Å². The first-order valence-electron chi connectivity index (χ1n) is 8.73. The summed E-state index contributed by atoms with van der Waals surface area (Å²) in [5.41, 5.74) is 3.91. The van der Waals surface area contributed by atoms with Gasteiger partial charge < -0.3 is 9.88 Å². The summed E-state index contributed by atoms with van der Waals surface area (Å²) in [6.07, 6.45) is 9.00. The van der Waals surface area contributed by atoms with Crippen LogP contribution in [0, 0.1) is 5.92 Å². The van der Waals surface area contributed by atoms with Crippen LogP contribution in [-0.2, 0) is 17.8 Å². The Balaban J connectivity index is 1.62. The van der Waals surface area contributed by atoms with Crippen molar-refractivity contribution in [3.63, 3.8) is 0 Å². The van der Waals surface area contributed by atoms with E-state index in [1.165, 1.54) is 46.3 Å². The highest BCUT2D eigenvalue weighted by molar-refractivity contribution is 7.98. The summed E-state index contributed by atoms with van der Waals surface area (Å²) >= 11 is 1.78. The van der Waals surface area contributed by atoms with Crippen LogP contribution >= 0.6 is 11.8 Å². The number of aromatic amines is 1. The first-order valence-corrected chi connectivity index (χ1v) is 9.95. The molecule has 0 unspecified atom stereocenters. The zero-order valence-corrected chi connectivity index (χ0v) is 14.5. The van der Waals surface area contributed by atoms with Crippen molar-refractivity contribution in [1.29, 1.82) is 0 Å². The van der Waals surface area contributed by atoms with E-state index in [0.717, 1.165) is 32.4 Å². The fourth-order valence-corrected chi connectivity index (χ4v) is 4.76. The van der Waals surface area contributed by atoms with E-state index in [0.29, 0.717) is 5.91 Å². The van der Waals surface area contributed by atoms with Gasteiger partial charge in [0.05, 0.1) is 5.52 Å². The topological polar surface area (TPSA) is 36.1 Å². The summed E-state index contributed by atoms with van der Waals surface area (Å²) in [7, 11) is 0. The molecule has 23 heavy (non-hydrogen) atoms. The van der Waals surface area contributed by atoms with Gasteiger partial charge in [0.2, 0.25) is 5.91 Å². The standard InChI is InChI=1S/C19H24N2OS/c1-23-17-9-5-8-14-15-12-21(11-10-16(15)20-18(14)17)19(22)13-6-3-2-4-7-13/h5,8-9,13,20H,2-4,6-7,10-12H2,1H3. The van der Waals surface area contributed by atoms with Gasteiger partial charge in [-0.05, 0) is 25.2 Å². The van der Waals surface area contributed by atoms with Gasteiger partial charge in [-0.15, -0.1) is 11.8 Å². The van der Waals surface area contributed by atoms with Gasteiger partial charge in [-0.3, -0.25) is 4.79 Å². The van der Waals surface area contributed by atoms with Crippen molar-refractivity contribution >= 4 is 28.6 Å². The SMILES string of the molecule is CSc1cccc2c3c([nH]c12)CCN(C(=O)C1CCCCC1)C3. The zero-order valence-electron chi connectivity index (χ0n) is 13.7. The predicted molar refractivity (Wildman–Crippen MR) is 95.8 cm³/mol. The quantitative estimate of drug-likeness (QED) is 0.832. The van der Waals surface area contributed by atoms with Crippen LogP contribution in [0.2, 0.25) is 0 Å². The number of nitrogens with one attached hydrogen (secondary N) is 1. The minimum atomic E-state index is 0.275. The van der Waals surface area contributed by atoms with Gasteiger partial charge >= 0.3 is 0 Å². The van der Waals surface area contributed by atoms with Crippen LogP contribution in [0.15, 0.2) is 23.1 Å². The molecule has 0 saturated heterocycles. The Kier molecular flexibility index (Phi) is 4.10.